The number of allylic oxidation sites excluding steroid dienone is 2. The topological polar surface area (TPSA) is 60.6 Å². The van der Waals surface area contributed by atoms with Crippen LogP contribution in [0.4, 0.5) is 4.39 Å². The predicted octanol–water partition coefficient (Wildman–Crippen LogP) is 8.18. The Balaban J connectivity index is 1.32. The fourth-order valence-electron chi connectivity index (χ4n) is 5.68. The summed E-state index contributed by atoms with van der Waals surface area (Å²) in [6, 6.07) is 15.8. The highest BCUT2D eigenvalue weighted by Crippen LogP contribution is 2.36. The molecule has 0 amide bonds. The van der Waals surface area contributed by atoms with Crippen LogP contribution in [0.1, 0.15) is 35.2 Å². The van der Waals surface area contributed by atoms with Crippen LogP contribution in [-0.4, -0.2) is 50.5 Å². The van der Waals surface area contributed by atoms with Crippen LogP contribution < -0.4 is 0 Å². The Morgan fingerprint density at radius 3 is 2.76 bits per heavy atom. The van der Waals surface area contributed by atoms with E-state index in [1.807, 2.05) is 31.5 Å². The highest BCUT2D eigenvalue weighted by Gasteiger charge is 2.18. The van der Waals surface area contributed by atoms with Gasteiger partial charge in [-0.25, -0.2) is 4.39 Å². The number of thioether (sulfide) groups is 1. The number of halogens is 1. The first-order valence-electron chi connectivity index (χ1n) is 14.1. The summed E-state index contributed by atoms with van der Waals surface area (Å²) in [7, 11) is 0. The van der Waals surface area contributed by atoms with Gasteiger partial charge < -0.3 is 9.88 Å². The van der Waals surface area contributed by atoms with Crippen LogP contribution >= 0.6 is 11.8 Å². The molecule has 1 fully saturated rings. The van der Waals surface area contributed by atoms with Gasteiger partial charge in [0.2, 0.25) is 0 Å². The Bertz CT molecular complexity index is 1740. The fourth-order valence-corrected chi connectivity index (χ4v) is 6.67. The van der Waals surface area contributed by atoms with Gasteiger partial charge in [-0.3, -0.25) is 10.1 Å². The van der Waals surface area contributed by atoms with Gasteiger partial charge in [-0.1, -0.05) is 24.8 Å². The molecule has 1 aliphatic rings. The Morgan fingerprint density at radius 1 is 1.10 bits per heavy atom. The van der Waals surface area contributed by atoms with E-state index in [0.717, 1.165) is 73.0 Å². The molecule has 0 saturated carbocycles. The molecule has 0 unspecified atom stereocenters. The van der Waals surface area contributed by atoms with Crippen molar-refractivity contribution in [1.82, 2.24) is 25.1 Å². The molecule has 4 heterocycles. The zero-order chi connectivity index (χ0) is 28.3. The molecular formula is C34H34FN5S. The maximum Gasteiger partial charge on any atom is 0.124 e. The van der Waals surface area contributed by atoms with Crippen molar-refractivity contribution in [2.45, 2.75) is 31.6 Å². The van der Waals surface area contributed by atoms with Gasteiger partial charge in [-0.05, 0) is 105 Å². The normalized spacial score (nSPS) is 14.3. The number of hydrogen-bond acceptors (Lipinski definition) is 4. The number of fused-ring (bicyclic) bond motifs is 1. The number of aromatic amines is 2. The summed E-state index contributed by atoms with van der Waals surface area (Å²) in [6.45, 7) is 11.5. The number of hydrogen-bond donors (Lipinski definition) is 2. The number of aryl methyl sites for hydroxylation is 2. The quantitative estimate of drug-likeness (QED) is 0.140. The predicted molar refractivity (Wildman–Crippen MR) is 169 cm³/mol. The van der Waals surface area contributed by atoms with Gasteiger partial charge in [0.15, 0.2) is 0 Å². The second-order valence-electron chi connectivity index (χ2n) is 10.6. The number of nitrogens with one attached hydrogen (secondary N) is 2. The fraction of sp³-hybridized carbons (Fsp3) is 0.235. The lowest BCUT2D eigenvalue weighted by Crippen LogP contribution is -2.21. The van der Waals surface area contributed by atoms with Crippen molar-refractivity contribution in [3.05, 3.63) is 108 Å². The van der Waals surface area contributed by atoms with E-state index in [9.17, 15) is 4.39 Å². The number of pyridine rings is 1. The number of likely N-dealkylation sites (tertiary alicyclic amines) is 1. The molecule has 41 heavy (non-hydrogen) atoms. The van der Waals surface area contributed by atoms with Crippen molar-refractivity contribution in [2.24, 2.45) is 0 Å². The van der Waals surface area contributed by atoms with Crippen LogP contribution in [0.5, 0.6) is 0 Å². The van der Waals surface area contributed by atoms with Crippen LogP contribution in [0.25, 0.3) is 39.0 Å². The van der Waals surface area contributed by atoms with Gasteiger partial charge in [0, 0.05) is 51.8 Å². The number of H-pyrrole nitrogens is 2. The van der Waals surface area contributed by atoms with Gasteiger partial charge in [-0.15, -0.1) is 11.8 Å². The second kappa shape index (κ2) is 11.9. The number of benzene rings is 2. The average Bonchev–Trinajstić information content (AvgIpc) is 3.72. The molecule has 0 bridgehead atoms. The second-order valence-corrected chi connectivity index (χ2v) is 11.8. The van der Waals surface area contributed by atoms with E-state index in [2.05, 4.69) is 68.9 Å². The molecule has 0 radical (unpaired) electrons. The Kier molecular flexibility index (Phi) is 7.90. The van der Waals surface area contributed by atoms with Crippen LogP contribution in [0.2, 0.25) is 0 Å². The molecule has 0 aliphatic carbocycles. The van der Waals surface area contributed by atoms with E-state index in [1.54, 1.807) is 30.0 Å². The van der Waals surface area contributed by atoms with Crippen molar-refractivity contribution in [3.8, 4) is 22.5 Å². The van der Waals surface area contributed by atoms with Crippen molar-refractivity contribution in [3.63, 3.8) is 0 Å². The molecular weight excluding hydrogens is 529 g/mol. The van der Waals surface area contributed by atoms with Crippen molar-refractivity contribution in [2.75, 3.05) is 25.4 Å². The smallest absolute Gasteiger partial charge is 0.124 e. The third kappa shape index (κ3) is 5.78. The van der Waals surface area contributed by atoms with Crippen molar-refractivity contribution in [1.29, 1.82) is 0 Å². The van der Waals surface area contributed by atoms with Crippen LogP contribution in [-0.2, 0) is 0 Å². The minimum absolute atomic E-state index is 0.230. The van der Waals surface area contributed by atoms with Crippen LogP contribution in [0, 0.1) is 19.7 Å². The molecule has 6 rings (SSSR count). The van der Waals surface area contributed by atoms with E-state index >= 15 is 0 Å². The maximum absolute atomic E-state index is 14.9. The lowest BCUT2D eigenvalue weighted by atomic mass is 9.97. The lowest BCUT2D eigenvalue weighted by Gasteiger charge is -2.14. The van der Waals surface area contributed by atoms with Crippen LogP contribution in [0.3, 0.4) is 0 Å². The number of aromatic nitrogens is 4. The summed E-state index contributed by atoms with van der Waals surface area (Å²) in [5.74, 6) is 0.717. The average molecular weight is 564 g/mol. The van der Waals surface area contributed by atoms with E-state index in [0.29, 0.717) is 0 Å². The Labute approximate surface area is 244 Å². The Morgan fingerprint density at radius 2 is 1.95 bits per heavy atom. The molecule has 208 valence electrons. The summed E-state index contributed by atoms with van der Waals surface area (Å²) in [5.41, 5.74) is 9.80. The van der Waals surface area contributed by atoms with E-state index < -0.39 is 0 Å². The minimum atomic E-state index is -0.230. The highest BCUT2D eigenvalue weighted by atomic mass is 32.2. The zero-order valence-corrected chi connectivity index (χ0v) is 24.3. The van der Waals surface area contributed by atoms with Gasteiger partial charge in [0.05, 0.1) is 11.2 Å². The van der Waals surface area contributed by atoms with Crippen molar-refractivity contribution >= 4 is 28.2 Å². The molecule has 0 atom stereocenters. The Hall–Kier alpha value is -3.94. The van der Waals surface area contributed by atoms with Crippen LogP contribution in [0.15, 0.2) is 84.6 Å². The first-order valence-corrected chi connectivity index (χ1v) is 15.1. The number of rotatable bonds is 9. The molecule has 3 aromatic heterocycles. The molecule has 0 spiro atoms. The summed E-state index contributed by atoms with van der Waals surface area (Å²) >= 11 is 1.71. The van der Waals surface area contributed by atoms with E-state index in [-0.39, 0.29) is 5.82 Å². The first kappa shape index (κ1) is 27.2. The van der Waals surface area contributed by atoms with Gasteiger partial charge in [-0.2, -0.15) is 5.10 Å². The maximum atomic E-state index is 14.9. The third-order valence-electron chi connectivity index (χ3n) is 7.81. The summed E-state index contributed by atoms with van der Waals surface area (Å²) in [4.78, 5) is 11.3. The third-order valence-corrected chi connectivity index (χ3v) is 8.77. The SMILES string of the molecule is C=C/C=C(/c1cc(F)cc(SCCN2CCCC2)c1)c1cc(-c2n[nH]c3ccc(-c4cnccc4C)cc23)[nH]c1C. The summed E-state index contributed by atoms with van der Waals surface area (Å²) in [5, 5.41) is 8.87. The summed E-state index contributed by atoms with van der Waals surface area (Å²) in [6.07, 6.45) is 9.99. The van der Waals surface area contributed by atoms with E-state index in [4.69, 9.17) is 0 Å². The molecule has 7 heteroatoms. The highest BCUT2D eigenvalue weighted by molar-refractivity contribution is 7.99. The van der Waals surface area contributed by atoms with Gasteiger partial charge >= 0.3 is 0 Å². The van der Waals surface area contributed by atoms with E-state index in [1.165, 1.54) is 31.5 Å². The van der Waals surface area contributed by atoms with Gasteiger partial charge in [0.1, 0.15) is 11.5 Å². The molecule has 5 aromatic rings. The molecule has 2 aromatic carbocycles. The molecule has 1 aliphatic heterocycles. The number of nitrogens with zero attached hydrogens (tertiary/aromatic N) is 3. The largest absolute Gasteiger partial charge is 0.357 e. The minimum Gasteiger partial charge on any atom is -0.357 e. The first-order chi connectivity index (χ1) is 20.0. The summed E-state index contributed by atoms with van der Waals surface area (Å²) < 4.78 is 14.9. The molecule has 5 nitrogen and oxygen atoms in total. The van der Waals surface area contributed by atoms with Crippen molar-refractivity contribution < 1.29 is 4.39 Å². The zero-order valence-electron chi connectivity index (χ0n) is 23.5. The lowest BCUT2D eigenvalue weighted by molar-refractivity contribution is 0.362. The molecule has 2 N–H and O–H groups in total. The monoisotopic (exact) mass is 563 g/mol. The standard InChI is InChI=1S/C34H34FN5S/c1-4-7-28(25-16-26(35)19-27(17-25)41-15-14-40-12-5-6-13-40)29-20-33(37-23(29)3)34-30-18-24(8-9-32(30)38-39-34)31-21-36-11-10-22(31)2/h4,7-11,16-21,37H,1,5-6,12-15H2,2-3H3,(H,38,39)/b28-7-. The van der Waals surface area contributed by atoms with Gasteiger partial charge in [0.25, 0.3) is 0 Å². The molecule has 1 saturated heterocycles.